The first-order valence-electron chi connectivity index (χ1n) is 8.49. The first kappa shape index (κ1) is 20.0. The van der Waals surface area contributed by atoms with Gasteiger partial charge in [-0.25, -0.2) is 4.99 Å². The normalized spacial score (nSPS) is 16.0. The summed E-state index contributed by atoms with van der Waals surface area (Å²) in [4.78, 5) is 31.5. The van der Waals surface area contributed by atoms with E-state index in [0.29, 0.717) is 12.5 Å². The van der Waals surface area contributed by atoms with Crippen LogP contribution in [0, 0.1) is 5.92 Å². The fraction of sp³-hybridized carbons (Fsp3) is 0.706. The van der Waals surface area contributed by atoms with E-state index in [1.165, 1.54) is 4.90 Å². The minimum atomic E-state index is -0.0490. The second-order valence-corrected chi connectivity index (χ2v) is 6.52. The van der Waals surface area contributed by atoms with E-state index in [4.69, 9.17) is 0 Å². The first-order chi connectivity index (χ1) is 11.3. The number of guanidine groups is 1. The summed E-state index contributed by atoms with van der Waals surface area (Å²) in [7, 11) is 3.42. The quantitative estimate of drug-likeness (QED) is 0.419. The number of nitrogens with zero attached hydrogens (tertiary/aromatic N) is 3. The van der Waals surface area contributed by atoms with Crippen LogP contribution in [0.25, 0.3) is 0 Å². The number of piperidine rings is 1. The number of amides is 2. The summed E-state index contributed by atoms with van der Waals surface area (Å²) >= 11 is 0. The van der Waals surface area contributed by atoms with E-state index in [1.54, 1.807) is 20.2 Å². The second kappa shape index (κ2) is 9.95. The molecule has 136 valence electrons. The van der Waals surface area contributed by atoms with E-state index in [1.807, 2.05) is 18.7 Å². The smallest absolute Gasteiger partial charge is 0.243 e. The van der Waals surface area contributed by atoms with E-state index < -0.39 is 0 Å². The van der Waals surface area contributed by atoms with Gasteiger partial charge in [-0.3, -0.25) is 9.59 Å². The van der Waals surface area contributed by atoms with Gasteiger partial charge in [0, 0.05) is 45.7 Å². The van der Waals surface area contributed by atoms with Gasteiger partial charge in [0.15, 0.2) is 5.96 Å². The Balaban J connectivity index is 2.55. The Kier molecular flexibility index (Phi) is 8.29. The zero-order valence-corrected chi connectivity index (χ0v) is 15.3. The third kappa shape index (κ3) is 6.60. The molecule has 0 bridgehead atoms. The number of hydrogen-bond acceptors (Lipinski definition) is 3. The first-order valence-corrected chi connectivity index (χ1v) is 8.49. The second-order valence-electron chi connectivity index (χ2n) is 6.52. The molecule has 0 saturated carbocycles. The molecule has 1 rings (SSSR count). The Morgan fingerprint density at radius 1 is 1.33 bits per heavy atom. The molecule has 2 N–H and O–H groups in total. The molecule has 7 heteroatoms. The summed E-state index contributed by atoms with van der Waals surface area (Å²) in [6, 6.07) is 0.242. The van der Waals surface area contributed by atoms with Crippen molar-refractivity contribution in [3.05, 3.63) is 12.7 Å². The predicted molar refractivity (Wildman–Crippen MR) is 96.8 cm³/mol. The van der Waals surface area contributed by atoms with E-state index in [2.05, 4.69) is 22.2 Å². The standard InChI is InChI=1S/C17H31N5O2/c1-6-9-18-17(19-12-15(23)21(4)5)20-14-7-10-22(11-8-14)16(24)13(2)3/h6,13-14H,1,7-12H2,2-5H3,(H2,18,19,20). The van der Waals surface area contributed by atoms with Gasteiger partial charge < -0.3 is 20.4 Å². The molecule has 1 aliphatic heterocycles. The van der Waals surface area contributed by atoms with Crippen molar-refractivity contribution < 1.29 is 9.59 Å². The van der Waals surface area contributed by atoms with Gasteiger partial charge in [-0.05, 0) is 12.8 Å². The molecule has 0 aromatic rings. The van der Waals surface area contributed by atoms with Gasteiger partial charge in [0.1, 0.15) is 6.54 Å². The lowest BCUT2D eigenvalue weighted by Gasteiger charge is -2.34. The number of rotatable bonds is 6. The summed E-state index contributed by atoms with van der Waals surface area (Å²) in [6.45, 7) is 9.72. The van der Waals surface area contributed by atoms with Crippen molar-refractivity contribution in [1.82, 2.24) is 20.4 Å². The average Bonchev–Trinajstić information content (AvgIpc) is 2.56. The number of carbonyl (C=O) groups excluding carboxylic acids is 2. The number of hydrogen-bond donors (Lipinski definition) is 2. The molecule has 0 aromatic carbocycles. The fourth-order valence-corrected chi connectivity index (χ4v) is 2.41. The maximum atomic E-state index is 12.0. The minimum absolute atomic E-state index is 0.0398. The Morgan fingerprint density at radius 3 is 2.46 bits per heavy atom. The SMILES string of the molecule is C=CCNC(=NCC(=O)N(C)C)NC1CCN(C(=O)C(C)C)CC1. The van der Waals surface area contributed by atoms with Gasteiger partial charge in [-0.15, -0.1) is 6.58 Å². The van der Waals surface area contributed by atoms with Crippen molar-refractivity contribution in [3.63, 3.8) is 0 Å². The van der Waals surface area contributed by atoms with Crippen molar-refractivity contribution in [3.8, 4) is 0 Å². The number of likely N-dealkylation sites (N-methyl/N-ethyl adjacent to an activating group) is 1. The summed E-state index contributed by atoms with van der Waals surface area (Å²) in [5.41, 5.74) is 0. The van der Waals surface area contributed by atoms with Crippen LogP contribution < -0.4 is 10.6 Å². The lowest BCUT2D eigenvalue weighted by Crippen LogP contribution is -2.50. The van der Waals surface area contributed by atoms with E-state index in [9.17, 15) is 9.59 Å². The minimum Gasteiger partial charge on any atom is -0.354 e. The van der Waals surface area contributed by atoms with E-state index >= 15 is 0 Å². The number of aliphatic imine (C=N–C) groups is 1. The van der Waals surface area contributed by atoms with Gasteiger partial charge in [-0.1, -0.05) is 19.9 Å². The molecule has 0 atom stereocenters. The average molecular weight is 337 g/mol. The molecule has 2 amide bonds. The van der Waals surface area contributed by atoms with Gasteiger partial charge in [-0.2, -0.15) is 0 Å². The Morgan fingerprint density at radius 2 is 1.96 bits per heavy atom. The largest absolute Gasteiger partial charge is 0.354 e. The Bertz CT molecular complexity index is 466. The molecular weight excluding hydrogens is 306 g/mol. The molecule has 0 unspecified atom stereocenters. The van der Waals surface area contributed by atoms with Crippen molar-refractivity contribution in [2.24, 2.45) is 10.9 Å². The van der Waals surface area contributed by atoms with E-state index in [0.717, 1.165) is 25.9 Å². The summed E-state index contributed by atoms with van der Waals surface area (Å²) < 4.78 is 0. The highest BCUT2D eigenvalue weighted by Crippen LogP contribution is 2.13. The molecule has 1 aliphatic rings. The highest BCUT2D eigenvalue weighted by atomic mass is 16.2. The number of carbonyl (C=O) groups is 2. The molecule has 1 saturated heterocycles. The molecule has 0 aromatic heterocycles. The van der Waals surface area contributed by atoms with Crippen molar-refractivity contribution >= 4 is 17.8 Å². The molecule has 1 heterocycles. The summed E-state index contributed by atoms with van der Waals surface area (Å²) in [5, 5.41) is 6.49. The van der Waals surface area contributed by atoms with Crippen molar-refractivity contribution in [1.29, 1.82) is 0 Å². The number of likely N-dealkylation sites (tertiary alicyclic amines) is 1. The maximum Gasteiger partial charge on any atom is 0.243 e. The van der Waals surface area contributed by atoms with Crippen LogP contribution in [0.3, 0.4) is 0 Å². The van der Waals surface area contributed by atoms with Crippen LogP contribution in [0.1, 0.15) is 26.7 Å². The molecule has 7 nitrogen and oxygen atoms in total. The highest BCUT2D eigenvalue weighted by molar-refractivity contribution is 5.85. The lowest BCUT2D eigenvalue weighted by atomic mass is 10.0. The van der Waals surface area contributed by atoms with Crippen molar-refractivity contribution in [2.75, 3.05) is 40.3 Å². The van der Waals surface area contributed by atoms with Gasteiger partial charge >= 0.3 is 0 Å². The van der Waals surface area contributed by atoms with Crippen LogP contribution in [0.4, 0.5) is 0 Å². The van der Waals surface area contributed by atoms with Crippen LogP contribution in [0.15, 0.2) is 17.6 Å². The molecule has 0 radical (unpaired) electrons. The van der Waals surface area contributed by atoms with E-state index in [-0.39, 0.29) is 30.3 Å². The highest BCUT2D eigenvalue weighted by Gasteiger charge is 2.24. The Labute approximate surface area is 145 Å². The number of nitrogens with one attached hydrogen (secondary N) is 2. The molecule has 0 spiro atoms. The summed E-state index contributed by atoms with van der Waals surface area (Å²) in [6.07, 6.45) is 3.48. The van der Waals surface area contributed by atoms with Crippen LogP contribution >= 0.6 is 0 Å². The topological polar surface area (TPSA) is 77.0 Å². The lowest BCUT2D eigenvalue weighted by molar-refractivity contribution is -0.135. The van der Waals surface area contributed by atoms with Gasteiger partial charge in [0.25, 0.3) is 0 Å². The monoisotopic (exact) mass is 337 g/mol. The maximum absolute atomic E-state index is 12.0. The van der Waals surface area contributed by atoms with Crippen LogP contribution in [0.2, 0.25) is 0 Å². The zero-order chi connectivity index (χ0) is 18.1. The Hall–Kier alpha value is -2.05. The molecule has 24 heavy (non-hydrogen) atoms. The summed E-state index contributed by atoms with van der Waals surface area (Å²) in [5.74, 6) is 0.812. The predicted octanol–water partition coefficient (Wildman–Crippen LogP) is 0.443. The molecule has 1 fully saturated rings. The fourth-order valence-electron chi connectivity index (χ4n) is 2.41. The van der Waals surface area contributed by atoms with Crippen LogP contribution in [0.5, 0.6) is 0 Å². The van der Waals surface area contributed by atoms with Crippen molar-refractivity contribution in [2.45, 2.75) is 32.7 Å². The van der Waals surface area contributed by atoms with Crippen LogP contribution in [-0.2, 0) is 9.59 Å². The van der Waals surface area contributed by atoms with Gasteiger partial charge in [0.2, 0.25) is 11.8 Å². The molecular formula is C17H31N5O2. The third-order valence-corrected chi connectivity index (χ3v) is 3.93. The molecule has 0 aliphatic carbocycles. The zero-order valence-electron chi connectivity index (χ0n) is 15.3. The van der Waals surface area contributed by atoms with Crippen LogP contribution in [-0.4, -0.2) is 73.9 Å². The van der Waals surface area contributed by atoms with Gasteiger partial charge in [0.05, 0.1) is 0 Å². The third-order valence-electron chi connectivity index (χ3n) is 3.93.